The summed E-state index contributed by atoms with van der Waals surface area (Å²) in [6.45, 7) is 0.284. The van der Waals surface area contributed by atoms with Gasteiger partial charge in [-0.2, -0.15) is 0 Å². The number of amides is 1. The Morgan fingerprint density at radius 1 is 1.35 bits per heavy atom. The maximum atomic E-state index is 12.2. The van der Waals surface area contributed by atoms with Crippen LogP contribution >= 0.6 is 0 Å². The van der Waals surface area contributed by atoms with Gasteiger partial charge in [0, 0.05) is 19.8 Å². The molecule has 1 amide bonds. The first kappa shape index (κ1) is 14.5. The monoisotopic (exact) mass is 278 g/mol. The van der Waals surface area contributed by atoms with Crippen LogP contribution in [0.1, 0.15) is 46.5 Å². The normalized spacial score (nSPS) is 16.9. The van der Waals surface area contributed by atoms with E-state index in [1.807, 2.05) is 0 Å². The fraction of sp³-hybridized carbons (Fsp3) is 0.500. The summed E-state index contributed by atoms with van der Waals surface area (Å²) in [5.41, 5.74) is -0.573. The fourth-order valence-electron chi connectivity index (χ4n) is 2.57. The van der Waals surface area contributed by atoms with Crippen LogP contribution in [0.15, 0.2) is 18.3 Å². The number of nitrogens with zero attached hydrogens (tertiary/aromatic N) is 2. The van der Waals surface area contributed by atoms with Gasteiger partial charge in [0.1, 0.15) is 5.69 Å². The average Bonchev–Trinajstić information content (AvgIpc) is 2.84. The van der Waals surface area contributed by atoms with Gasteiger partial charge in [0.15, 0.2) is 0 Å². The lowest BCUT2D eigenvalue weighted by Gasteiger charge is -2.28. The lowest BCUT2D eigenvalue weighted by atomic mass is 10.0. The molecular formula is C14H18N2O4. The van der Waals surface area contributed by atoms with Crippen molar-refractivity contribution >= 4 is 11.9 Å². The molecule has 0 radical (unpaired) electrons. The molecule has 1 fully saturated rings. The largest absolute Gasteiger partial charge is 0.477 e. The minimum atomic E-state index is -1.13. The molecule has 108 valence electrons. The Labute approximate surface area is 117 Å². The number of carbonyl (C=O) groups excluding carboxylic acids is 1. The van der Waals surface area contributed by atoms with Gasteiger partial charge in [0.25, 0.3) is 5.91 Å². The highest BCUT2D eigenvalue weighted by atomic mass is 16.4. The van der Waals surface area contributed by atoms with Gasteiger partial charge in [-0.05, 0) is 25.0 Å². The van der Waals surface area contributed by atoms with Gasteiger partial charge in [-0.3, -0.25) is 4.79 Å². The third-order valence-electron chi connectivity index (χ3n) is 3.64. The van der Waals surface area contributed by atoms with Gasteiger partial charge < -0.3 is 15.1 Å². The van der Waals surface area contributed by atoms with Crippen molar-refractivity contribution in [3.05, 3.63) is 29.6 Å². The van der Waals surface area contributed by atoms with Crippen LogP contribution in [-0.2, 0) is 0 Å². The minimum absolute atomic E-state index is 0.0985. The van der Waals surface area contributed by atoms with Crippen LogP contribution in [0.25, 0.3) is 0 Å². The summed E-state index contributed by atoms with van der Waals surface area (Å²) in [4.78, 5) is 28.1. The zero-order valence-electron chi connectivity index (χ0n) is 11.4. The minimum Gasteiger partial charge on any atom is -0.477 e. The molecule has 0 saturated heterocycles. The number of likely N-dealkylation sites (N-methyl/N-ethyl adjacent to an activating group) is 1. The number of aromatic nitrogens is 1. The van der Waals surface area contributed by atoms with Crippen molar-refractivity contribution in [2.24, 2.45) is 0 Å². The lowest BCUT2D eigenvalue weighted by molar-refractivity contribution is 0.0156. The summed E-state index contributed by atoms with van der Waals surface area (Å²) in [5.74, 6) is -1.40. The van der Waals surface area contributed by atoms with Crippen LogP contribution in [0.5, 0.6) is 0 Å². The van der Waals surface area contributed by atoms with Crippen LogP contribution in [0.3, 0.4) is 0 Å². The topological polar surface area (TPSA) is 90.7 Å². The highest BCUT2D eigenvalue weighted by Gasteiger charge is 2.33. The molecule has 1 aliphatic carbocycles. The summed E-state index contributed by atoms with van der Waals surface area (Å²) >= 11 is 0. The number of hydrogen-bond acceptors (Lipinski definition) is 4. The van der Waals surface area contributed by atoms with E-state index in [-0.39, 0.29) is 18.1 Å². The third kappa shape index (κ3) is 3.14. The Balaban J connectivity index is 2.04. The van der Waals surface area contributed by atoms with Crippen LogP contribution < -0.4 is 0 Å². The van der Waals surface area contributed by atoms with Crippen LogP contribution in [0, 0.1) is 0 Å². The number of carbonyl (C=O) groups is 2. The summed E-state index contributed by atoms with van der Waals surface area (Å²) in [6.07, 6.45) is 4.63. The van der Waals surface area contributed by atoms with Crippen molar-refractivity contribution in [2.45, 2.75) is 31.3 Å². The van der Waals surface area contributed by atoms with Crippen LogP contribution in [-0.4, -0.2) is 51.2 Å². The highest BCUT2D eigenvalue weighted by Crippen LogP contribution is 2.30. The first-order valence-corrected chi connectivity index (χ1v) is 6.58. The SMILES string of the molecule is CN(CC1(O)CCCC1)C(=O)c1ccc(C(=O)O)nc1. The molecule has 0 unspecified atom stereocenters. The third-order valence-corrected chi connectivity index (χ3v) is 3.64. The molecule has 6 heteroatoms. The number of rotatable bonds is 4. The Morgan fingerprint density at radius 3 is 2.50 bits per heavy atom. The zero-order valence-corrected chi connectivity index (χ0v) is 11.4. The van der Waals surface area contributed by atoms with Crippen molar-refractivity contribution in [3.8, 4) is 0 Å². The molecule has 0 atom stereocenters. The van der Waals surface area contributed by atoms with E-state index in [0.717, 1.165) is 12.8 Å². The smallest absolute Gasteiger partial charge is 0.354 e. The highest BCUT2D eigenvalue weighted by molar-refractivity contribution is 5.94. The van der Waals surface area contributed by atoms with Crippen LogP contribution in [0.4, 0.5) is 0 Å². The molecule has 0 bridgehead atoms. The Bertz CT molecular complexity index is 506. The molecule has 6 nitrogen and oxygen atoms in total. The predicted molar refractivity (Wildman–Crippen MR) is 71.6 cm³/mol. The number of pyridine rings is 1. The van der Waals surface area contributed by atoms with E-state index in [9.17, 15) is 14.7 Å². The lowest BCUT2D eigenvalue weighted by Crippen LogP contribution is -2.42. The van der Waals surface area contributed by atoms with Gasteiger partial charge in [0.2, 0.25) is 0 Å². The fourth-order valence-corrected chi connectivity index (χ4v) is 2.57. The summed E-state index contributed by atoms with van der Waals surface area (Å²) in [5, 5.41) is 19.0. The number of aromatic carboxylic acids is 1. The first-order valence-electron chi connectivity index (χ1n) is 6.58. The maximum absolute atomic E-state index is 12.2. The van der Waals surface area contributed by atoms with E-state index in [0.29, 0.717) is 18.4 Å². The Hall–Kier alpha value is -1.95. The molecule has 1 aliphatic rings. The maximum Gasteiger partial charge on any atom is 0.354 e. The first-order chi connectivity index (χ1) is 9.41. The number of carboxylic acid groups (broad SMARTS) is 1. The molecule has 0 aromatic carbocycles. The molecule has 0 aliphatic heterocycles. The molecular weight excluding hydrogens is 260 g/mol. The van der Waals surface area contributed by atoms with E-state index in [1.54, 1.807) is 7.05 Å². The second kappa shape index (κ2) is 5.58. The summed E-state index contributed by atoms with van der Waals surface area (Å²) < 4.78 is 0. The summed E-state index contributed by atoms with van der Waals surface area (Å²) in [7, 11) is 1.63. The van der Waals surface area contributed by atoms with E-state index < -0.39 is 11.6 Å². The number of aliphatic hydroxyl groups is 1. The zero-order chi connectivity index (χ0) is 14.8. The molecule has 1 aromatic rings. The molecule has 1 saturated carbocycles. The van der Waals surface area contributed by atoms with Gasteiger partial charge >= 0.3 is 5.97 Å². The van der Waals surface area contributed by atoms with Crippen molar-refractivity contribution in [3.63, 3.8) is 0 Å². The van der Waals surface area contributed by atoms with Crippen LogP contribution in [0.2, 0.25) is 0 Å². The molecule has 1 heterocycles. The van der Waals surface area contributed by atoms with Gasteiger partial charge in [-0.1, -0.05) is 12.8 Å². The van der Waals surface area contributed by atoms with Crippen molar-refractivity contribution < 1.29 is 19.8 Å². The molecule has 2 N–H and O–H groups in total. The van der Waals surface area contributed by atoms with E-state index in [1.165, 1.54) is 23.2 Å². The van der Waals surface area contributed by atoms with Gasteiger partial charge in [-0.25, -0.2) is 9.78 Å². The van der Waals surface area contributed by atoms with Crippen molar-refractivity contribution in [2.75, 3.05) is 13.6 Å². The molecule has 20 heavy (non-hydrogen) atoms. The number of hydrogen-bond donors (Lipinski definition) is 2. The molecule has 0 spiro atoms. The van der Waals surface area contributed by atoms with E-state index >= 15 is 0 Å². The van der Waals surface area contributed by atoms with Crippen molar-refractivity contribution in [1.82, 2.24) is 9.88 Å². The standard InChI is InChI=1S/C14H18N2O4/c1-16(9-14(20)6-2-3-7-14)12(17)10-4-5-11(13(18)19)15-8-10/h4-5,8,20H,2-3,6-7,9H2,1H3,(H,18,19). The molecule has 2 rings (SSSR count). The summed E-state index contributed by atoms with van der Waals surface area (Å²) in [6, 6.07) is 2.74. The molecule has 1 aromatic heterocycles. The second-order valence-corrected chi connectivity index (χ2v) is 5.33. The van der Waals surface area contributed by atoms with Gasteiger partial charge in [0.05, 0.1) is 11.2 Å². The Kier molecular flexibility index (Phi) is 4.04. The predicted octanol–water partition coefficient (Wildman–Crippen LogP) is 1.16. The van der Waals surface area contributed by atoms with E-state index in [2.05, 4.69) is 4.98 Å². The van der Waals surface area contributed by atoms with Crippen molar-refractivity contribution in [1.29, 1.82) is 0 Å². The van der Waals surface area contributed by atoms with E-state index in [4.69, 9.17) is 5.11 Å². The second-order valence-electron chi connectivity index (χ2n) is 5.33. The average molecular weight is 278 g/mol. The number of carboxylic acids is 1. The van der Waals surface area contributed by atoms with Gasteiger partial charge in [-0.15, -0.1) is 0 Å². The quantitative estimate of drug-likeness (QED) is 0.862. The Morgan fingerprint density at radius 2 is 2.00 bits per heavy atom.